The van der Waals surface area contributed by atoms with Crippen molar-refractivity contribution in [2.24, 2.45) is 0 Å². The summed E-state index contributed by atoms with van der Waals surface area (Å²) in [6.07, 6.45) is 1.67. The van der Waals surface area contributed by atoms with Crippen molar-refractivity contribution in [1.29, 1.82) is 5.26 Å². The molecule has 0 unspecified atom stereocenters. The van der Waals surface area contributed by atoms with E-state index >= 15 is 0 Å². The average molecular weight is 256 g/mol. The fourth-order valence-corrected chi connectivity index (χ4v) is 2.02. The van der Waals surface area contributed by atoms with Gasteiger partial charge in [-0.2, -0.15) is 5.26 Å². The molecule has 0 amide bonds. The number of benzene rings is 1. The molecule has 1 heterocycles. The number of hydrogen-bond donors (Lipinski definition) is 1. The summed E-state index contributed by atoms with van der Waals surface area (Å²) in [5, 5.41) is 18.3. The van der Waals surface area contributed by atoms with E-state index in [2.05, 4.69) is 6.07 Å². The summed E-state index contributed by atoms with van der Waals surface area (Å²) >= 11 is 0. The highest BCUT2D eigenvalue weighted by Crippen LogP contribution is 2.23. The van der Waals surface area contributed by atoms with Gasteiger partial charge in [0.25, 0.3) is 0 Å². The first-order chi connectivity index (χ1) is 9.15. The maximum atomic E-state index is 9.19. The fourth-order valence-electron chi connectivity index (χ4n) is 2.02. The minimum Gasteiger partial charge on any atom is -0.469 e. The monoisotopic (exact) mass is 256 g/mol. The number of aliphatic hydroxyl groups excluding tert-OH is 1. The van der Waals surface area contributed by atoms with E-state index in [-0.39, 0.29) is 6.61 Å². The van der Waals surface area contributed by atoms with Crippen LogP contribution in [0.1, 0.15) is 22.5 Å². The molecule has 0 saturated carbocycles. The number of rotatable bonds is 4. The summed E-state index contributed by atoms with van der Waals surface area (Å²) in [7, 11) is 1.93. The average Bonchev–Trinajstić information content (AvgIpc) is 2.83. The largest absolute Gasteiger partial charge is 0.469 e. The van der Waals surface area contributed by atoms with E-state index in [0.29, 0.717) is 12.1 Å². The third-order valence-corrected chi connectivity index (χ3v) is 3.15. The molecule has 0 atom stereocenters. The summed E-state index contributed by atoms with van der Waals surface area (Å²) in [6.45, 7) is 2.54. The van der Waals surface area contributed by atoms with Gasteiger partial charge in [-0.3, -0.25) is 0 Å². The van der Waals surface area contributed by atoms with Crippen molar-refractivity contribution >= 4 is 5.69 Å². The lowest BCUT2D eigenvalue weighted by Crippen LogP contribution is -2.17. The number of furan rings is 1. The van der Waals surface area contributed by atoms with Crippen LogP contribution in [0.3, 0.4) is 0 Å². The quantitative estimate of drug-likeness (QED) is 0.913. The van der Waals surface area contributed by atoms with Crippen molar-refractivity contribution in [3.8, 4) is 6.07 Å². The second-order valence-electron chi connectivity index (χ2n) is 4.48. The van der Waals surface area contributed by atoms with E-state index in [4.69, 9.17) is 9.52 Å². The molecule has 2 aromatic rings. The normalized spacial score (nSPS) is 10.2. The predicted molar refractivity (Wildman–Crippen MR) is 72.6 cm³/mol. The lowest BCUT2D eigenvalue weighted by Gasteiger charge is -2.20. The van der Waals surface area contributed by atoms with Gasteiger partial charge in [0.15, 0.2) is 0 Å². The van der Waals surface area contributed by atoms with E-state index < -0.39 is 0 Å². The van der Waals surface area contributed by atoms with Gasteiger partial charge in [0.1, 0.15) is 11.8 Å². The Morgan fingerprint density at radius 1 is 1.37 bits per heavy atom. The summed E-state index contributed by atoms with van der Waals surface area (Å²) in [6, 6.07) is 9.50. The first-order valence-corrected chi connectivity index (χ1v) is 6.03. The smallest absolute Gasteiger partial charge is 0.105 e. The molecule has 98 valence electrons. The van der Waals surface area contributed by atoms with Crippen molar-refractivity contribution < 1.29 is 9.52 Å². The zero-order valence-corrected chi connectivity index (χ0v) is 11.1. The van der Waals surface area contributed by atoms with Crippen molar-refractivity contribution in [1.82, 2.24) is 0 Å². The van der Waals surface area contributed by atoms with Crippen LogP contribution < -0.4 is 4.90 Å². The summed E-state index contributed by atoms with van der Waals surface area (Å²) in [5.74, 6) is 0.886. The SMILES string of the molecule is Cc1occc1CN(C)c1ccc(CO)cc1C#N. The first kappa shape index (κ1) is 13.2. The zero-order chi connectivity index (χ0) is 13.8. The van der Waals surface area contributed by atoms with Gasteiger partial charge in [0.05, 0.1) is 24.1 Å². The number of hydrogen-bond acceptors (Lipinski definition) is 4. The number of aryl methyl sites for hydroxylation is 1. The van der Waals surface area contributed by atoms with Crippen LogP contribution in [0.15, 0.2) is 34.9 Å². The van der Waals surface area contributed by atoms with Gasteiger partial charge >= 0.3 is 0 Å². The Kier molecular flexibility index (Phi) is 3.88. The van der Waals surface area contributed by atoms with Crippen LogP contribution >= 0.6 is 0 Å². The molecule has 4 heteroatoms. The van der Waals surface area contributed by atoms with Crippen LogP contribution in [0.2, 0.25) is 0 Å². The highest BCUT2D eigenvalue weighted by atomic mass is 16.3. The Balaban J connectivity index is 2.26. The third-order valence-electron chi connectivity index (χ3n) is 3.15. The molecule has 1 aromatic heterocycles. The van der Waals surface area contributed by atoms with Crippen molar-refractivity contribution in [2.45, 2.75) is 20.1 Å². The lowest BCUT2D eigenvalue weighted by molar-refractivity contribution is 0.282. The Morgan fingerprint density at radius 3 is 2.74 bits per heavy atom. The lowest BCUT2D eigenvalue weighted by atomic mass is 10.1. The van der Waals surface area contributed by atoms with Gasteiger partial charge in [-0.25, -0.2) is 0 Å². The summed E-state index contributed by atoms with van der Waals surface area (Å²) in [4.78, 5) is 2.00. The van der Waals surface area contributed by atoms with Crippen LogP contribution in [0.25, 0.3) is 0 Å². The standard InChI is InChI=1S/C15H16N2O2/c1-11-13(5-6-19-11)9-17(2)15-4-3-12(10-18)7-14(15)8-16/h3-7,18H,9-10H2,1-2H3. The first-order valence-electron chi connectivity index (χ1n) is 6.03. The molecule has 1 aromatic carbocycles. The van der Waals surface area contributed by atoms with Gasteiger partial charge < -0.3 is 14.4 Å². The number of aliphatic hydroxyl groups is 1. The maximum absolute atomic E-state index is 9.19. The minimum absolute atomic E-state index is 0.0560. The van der Waals surface area contributed by atoms with Gasteiger partial charge in [0, 0.05) is 19.2 Å². The third kappa shape index (κ3) is 2.78. The number of nitrogens with zero attached hydrogens (tertiary/aromatic N) is 2. The second-order valence-corrected chi connectivity index (χ2v) is 4.48. The number of nitriles is 1. The predicted octanol–water partition coefficient (Wildman–Crippen LogP) is 2.59. The Bertz CT molecular complexity index is 611. The van der Waals surface area contributed by atoms with E-state index in [9.17, 15) is 5.26 Å². The fraction of sp³-hybridized carbons (Fsp3) is 0.267. The second kappa shape index (κ2) is 5.59. The van der Waals surface area contributed by atoms with Crippen LogP contribution in [0, 0.1) is 18.3 Å². The maximum Gasteiger partial charge on any atom is 0.105 e. The highest BCUT2D eigenvalue weighted by Gasteiger charge is 2.11. The van der Waals surface area contributed by atoms with E-state index in [1.807, 2.05) is 37.1 Å². The van der Waals surface area contributed by atoms with Crippen LogP contribution in [-0.4, -0.2) is 12.2 Å². The minimum atomic E-state index is -0.0560. The molecule has 1 N–H and O–H groups in total. The van der Waals surface area contributed by atoms with E-state index in [1.54, 1.807) is 12.3 Å². The number of anilines is 1. The van der Waals surface area contributed by atoms with Gasteiger partial charge in [-0.05, 0) is 30.7 Å². The molecule has 0 aliphatic carbocycles. The topological polar surface area (TPSA) is 60.4 Å². The van der Waals surface area contributed by atoms with Crippen LogP contribution in [0.4, 0.5) is 5.69 Å². The zero-order valence-electron chi connectivity index (χ0n) is 11.1. The molecule has 19 heavy (non-hydrogen) atoms. The molecule has 0 saturated heterocycles. The van der Waals surface area contributed by atoms with Crippen molar-refractivity contribution in [3.05, 3.63) is 53.0 Å². The Labute approximate surface area is 112 Å². The molecule has 2 rings (SSSR count). The van der Waals surface area contributed by atoms with E-state index in [0.717, 1.165) is 22.6 Å². The molecule has 0 aliphatic rings. The Hall–Kier alpha value is -2.25. The van der Waals surface area contributed by atoms with Gasteiger partial charge in [-0.15, -0.1) is 0 Å². The molecule has 0 aliphatic heterocycles. The summed E-state index contributed by atoms with van der Waals surface area (Å²) < 4.78 is 5.27. The van der Waals surface area contributed by atoms with Crippen LogP contribution in [0.5, 0.6) is 0 Å². The molecule has 0 spiro atoms. The van der Waals surface area contributed by atoms with Crippen molar-refractivity contribution in [3.63, 3.8) is 0 Å². The van der Waals surface area contributed by atoms with E-state index in [1.165, 1.54) is 0 Å². The van der Waals surface area contributed by atoms with Gasteiger partial charge in [0.2, 0.25) is 0 Å². The molecule has 0 radical (unpaired) electrons. The molecular formula is C15H16N2O2. The highest BCUT2D eigenvalue weighted by molar-refractivity contribution is 5.60. The molecule has 0 bridgehead atoms. The molecule has 0 fully saturated rings. The Morgan fingerprint density at radius 2 is 2.16 bits per heavy atom. The molecule has 4 nitrogen and oxygen atoms in total. The molecular weight excluding hydrogens is 240 g/mol. The van der Waals surface area contributed by atoms with Crippen LogP contribution in [-0.2, 0) is 13.2 Å². The van der Waals surface area contributed by atoms with Crippen molar-refractivity contribution in [2.75, 3.05) is 11.9 Å². The summed E-state index contributed by atoms with van der Waals surface area (Å²) in [5.41, 5.74) is 3.25. The van der Waals surface area contributed by atoms with Gasteiger partial charge in [-0.1, -0.05) is 6.07 Å².